The number of carbonyl (C=O) groups excluding carboxylic acids is 2. The number of anilines is 1. The third-order valence-electron chi connectivity index (χ3n) is 5.35. The molecule has 1 aliphatic rings. The zero-order chi connectivity index (χ0) is 21.0. The molecule has 1 aromatic heterocycles. The fourth-order valence-electron chi connectivity index (χ4n) is 4.47. The van der Waals surface area contributed by atoms with Crippen molar-refractivity contribution in [2.75, 3.05) is 5.32 Å². The van der Waals surface area contributed by atoms with E-state index in [1.807, 2.05) is 36.4 Å². The highest BCUT2D eigenvalue weighted by Crippen LogP contribution is 2.45. The van der Waals surface area contributed by atoms with Gasteiger partial charge in [0.1, 0.15) is 5.00 Å². The van der Waals surface area contributed by atoms with Crippen molar-refractivity contribution in [3.05, 3.63) is 64.0 Å². The average molecular weight is 408 g/mol. The lowest BCUT2D eigenvalue weighted by molar-refractivity contribution is 0.0999. The largest absolute Gasteiger partial charge is 0.365 e. The molecule has 0 fully saturated rings. The van der Waals surface area contributed by atoms with Crippen LogP contribution >= 0.6 is 11.3 Å². The second-order valence-corrected chi connectivity index (χ2v) is 9.79. The first-order chi connectivity index (χ1) is 13.6. The van der Waals surface area contributed by atoms with Gasteiger partial charge in [0.15, 0.2) is 0 Å². The molecule has 4 rings (SSSR count). The highest BCUT2D eigenvalue weighted by atomic mass is 32.1. The summed E-state index contributed by atoms with van der Waals surface area (Å²) < 4.78 is 0. The van der Waals surface area contributed by atoms with Crippen molar-refractivity contribution in [3.63, 3.8) is 0 Å². The average Bonchev–Trinajstić information content (AvgIpc) is 2.98. The lowest BCUT2D eigenvalue weighted by Gasteiger charge is -2.42. The van der Waals surface area contributed by atoms with Crippen LogP contribution in [0.4, 0.5) is 5.00 Å². The fourth-order valence-corrected chi connectivity index (χ4v) is 5.75. The van der Waals surface area contributed by atoms with Gasteiger partial charge in [0.05, 0.1) is 5.56 Å². The molecule has 5 nitrogen and oxygen atoms in total. The smallest absolute Gasteiger partial charge is 0.256 e. The van der Waals surface area contributed by atoms with Crippen molar-refractivity contribution in [2.45, 2.75) is 45.2 Å². The zero-order valence-electron chi connectivity index (χ0n) is 17.1. The van der Waals surface area contributed by atoms with Gasteiger partial charge >= 0.3 is 0 Å². The van der Waals surface area contributed by atoms with Gasteiger partial charge in [-0.2, -0.15) is 0 Å². The lowest BCUT2D eigenvalue weighted by atomic mass is 9.81. The van der Waals surface area contributed by atoms with Crippen molar-refractivity contribution < 1.29 is 9.59 Å². The van der Waals surface area contributed by atoms with Crippen LogP contribution in [0, 0.1) is 0 Å². The van der Waals surface area contributed by atoms with Crippen LogP contribution in [-0.4, -0.2) is 17.4 Å². The van der Waals surface area contributed by atoms with E-state index >= 15 is 0 Å². The van der Waals surface area contributed by atoms with Crippen molar-refractivity contribution in [3.8, 4) is 0 Å². The van der Waals surface area contributed by atoms with Crippen molar-refractivity contribution >= 4 is 38.9 Å². The van der Waals surface area contributed by atoms with Gasteiger partial charge in [-0.25, -0.2) is 0 Å². The summed E-state index contributed by atoms with van der Waals surface area (Å²) in [6.45, 7) is 8.39. The SMILES string of the molecule is CC1(C)Cc2c(sc(NC(=O)c3cccc4ccccc34)c2C(N)=O)C(C)(C)N1. The number of rotatable bonds is 3. The predicted octanol–water partition coefficient (Wildman–Crippen LogP) is 4.41. The summed E-state index contributed by atoms with van der Waals surface area (Å²) in [5.74, 6) is -0.753. The van der Waals surface area contributed by atoms with Crippen molar-refractivity contribution in [2.24, 2.45) is 5.73 Å². The highest BCUT2D eigenvalue weighted by molar-refractivity contribution is 7.17. The molecule has 150 valence electrons. The van der Waals surface area contributed by atoms with Crippen LogP contribution in [0.25, 0.3) is 10.8 Å². The lowest BCUT2D eigenvalue weighted by Crippen LogP contribution is -2.55. The number of carbonyl (C=O) groups is 2. The first-order valence-electron chi connectivity index (χ1n) is 9.63. The number of fused-ring (bicyclic) bond motifs is 2. The molecule has 3 aromatic rings. The highest BCUT2D eigenvalue weighted by Gasteiger charge is 2.41. The van der Waals surface area contributed by atoms with Gasteiger partial charge < -0.3 is 16.4 Å². The van der Waals surface area contributed by atoms with E-state index in [1.54, 1.807) is 6.07 Å². The maximum Gasteiger partial charge on any atom is 0.256 e. The monoisotopic (exact) mass is 407 g/mol. The Morgan fingerprint density at radius 3 is 2.48 bits per heavy atom. The number of benzene rings is 2. The summed E-state index contributed by atoms with van der Waals surface area (Å²) in [4.78, 5) is 26.5. The molecule has 4 N–H and O–H groups in total. The fraction of sp³-hybridized carbons (Fsp3) is 0.304. The summed E-state index contributed by atoms with van der Waals surface area (Å²) in [5, 5.41) is 8.98. The first kappa shape index (κ1) is 19.6. The molecule has 2 amide bonds. The Hall–Kier alpha value is -2.70. The molecular formula is C23H25N3O2S. The van der Waals surface area contributed by atoms with Crippen LogP contribution < -0.4 is 16.4 Å². The molecule has 0 saturated heterocycles. The summed E-state index contributed by atoms with van der Waals surface area (Å²) in [7, 11) is 0. The quantitative estimate of drug-likeness (QED) is 0.601. The summed E-state index contributed by atoms with van der Waals surface area (Å²) in [6, 6.07) is 13.4. The number of hydrogen-bond donors (Lipinski definition) is 3. The maximum atomic E-state index is 13.1. The Morgan fingerprint density at radius 1 is 1.07 bits per heavy atom. The van der Waals surface area contributed by atoms with Gasteiger partial charge in [-0.15, -0.1) is 11.3 Å². The van der Waals surface area contributed by atoms with Crippen molar-refractivity contribution in [1.82, 2.24) is 5.32 Å². The Morgan fingerprint density at radius 2 is 1.76 bits per heavy atom. The summed E-state index contributed by atoms with van der Waals surface area (Å²) in [6.07, 6.45) is 0.671. The summed E-state index contributed by atoms with van der Waals surface area (Å²) >= 11 is 1.43. The minimum atomic E-state index is -0.510. The molecule has 2 aromatic carbocycles. The van der Waals surface area contributed by atoms with Gasteiger partial charge in [0, 0.05) is 21.5 Å². The van der Waals surface area contributed by atoms with E-state index < -0.39 is 5.91 Å². The Balaban J connectivity index is 1.79. The number of nitrogens with two attached hydrogens (primary N) is 1. The Labute approximate surface area is 174 Å². The van der Waals surface area contributed by atoms with Crippen LogP contribution in [-0.2, 0) is 12.0 Å². The standard InChI is InChI=1S/C23H25N3O2S/c1-22(2)12-16-17(19(24)27)21(29-18(16)23(3,4)26-22)25-20(28)15-11-7-9-13-8-5-6-10-14(13)15/h5-11,26H,12H2,1-4H3,(H2,24,27)(H,25,28). The molecule has 6 heteroatoms. The van der Waals surface area contributed by atoms with Crippen LogP contribution in [0.1, 0.15) is 58.9 Å². The molecule has 2 heterocycles. The number of primary amides is 1. The molecule has 0 spiro atoms. The number of amides is 2. The second-order valence-electron chi connectivity index (χ2n) is 8.77. The Kier molecular flexibility index (Phi) is 4.52. The molecule has 29 heavy (non-hydrogen) atoms. The van der Waals surface area contributed by atoms with Crippen LogP contribution in [0.3, 0.4) is 0 Å². The van der Waals surface area contributed by atoms with Crippen LogP contribution in [0.15, 0.2) is 42.5 Å². The molecule has 0 saturated carbocycles. The minimum absolute atomic E-state index is 0.182. The number of hydrogen-bond acceptors (Lipinski definition) is 4. The van der Waals surface area contributed by atoms with Crippen LogP contribution in [0.2, 0.25) is 0 Å². The van der Waals surface area contributed by atoms with Crippen LogP contribution in [0.5, 0.6) is 0 Å². The molecule has 0 aliphatic carbocycles. The maximum absolute atomic E-state index is 13.1. The number of thiophene rings is 1. The Bertz CT molecular complexity index is 1140. The first-order valence-corrected chi connectivity index (χ1v) is 10.5. The van der Waals surface area contributed by atoms with E-state index in [-0.39, 0.29) is 17.0 Å². The van der Waals surface area contributed by atoms with Gasteiger partial charge in [0.2, 0.25) is 0 Å². The second kappa shape index (κ2) is 6.68. The predicted molar refractivity (Wildman–Crippen MR) is 119 cm³/mol. The van der Waals surface area contributed by atoms with E-state index in [0.29, 0.717) is 22.5 Å². The minimum Gasteiger partial charge on any atom is -0.365 e. The van der Waals surface area contributed by atoms with E-state index in [2.05, 4.69) is 38.3 Å². The third-order valence-corrected chi connectivity index (χ3v) is 6.82. The summed E-state index contributed by atoms with van der Waals surface area (Å²) in [5.41, 5.74) is 7.19. The van der Waals surface area contributed by atoms with E-state index in [4.69, 9.17) is 5.73 Å². The van der Waals surface area contributed by atoms with E-state index in [9.17, 15) is 9.59 Å². The molecule has 1 aliphatic heterocycles. The zero-order valence-corrected chi connectivity index (χ0v) is 17.9. The topological polar surface area (TPSA) is 84.2 Å². The van der Waals surface area contributed by atoms with Gasteiger partial charge in [-0.1, -0.05) is 36.4 Å². The molecule has 0 radical (unpaired) electrons. The molecular weight excluding hydrogens is 382 g/mol. The number of nitrogens with one attached hydrogen (secondary N) is 2. The van der Waals surface area contributed by atoms with E-state index in [0.717, 1.165) is 21.2 Å². The van der Waals surface area contributed by atoms with Gasteiger partial charge in [-0.05, 0) is 56.5 Å². The van der Waals surface area contributed by atoms with Crippen molar-refractivity contribution in [1.29, 1.82) is 0 Å². The van der Waals surface area contributed by atoms with Gasteiger partial charge in [0.25, 0.3) is 11.8 Å². The van der Waals surface area contributed by atoms with Gasteiger partial charge in [-0.3, -0.25) is 9.59 Å². The van der Waals surface area contributed by atoms with E-state index in [1.165, 1.54) is 11.3 Å². The normalized spacial score (nSPS) is 17.0. The molecule has 0 unspecified atom stereocenters. The molecule has 0 atom stereocenters. The third kappa shape index (κ3) is 3.43. The molecule has 0 bridgehead atoms.